The molecule has 15 heavy (non-hydrogen) atoms. The largest absolute Gasteiger partial charge is 0.478 e. The van der Waals surface area contributed by atoms with Crippen molar-refractivity contribution >= 4 is 5.97 Å². The number of aliphatic hydroxyl groups is 1. The molecule has 1 aliphatic carbocycles. The van der Waals surface area contributed by atoms with Crippen molar-refractivity contribution in [1.82, 2.24) is 0 Å². The van der Waals surface area contributed by atoms with Gasteiger partial charge in [-0.3, -0.25) is 0 Å². The smallest absolute Gasteiger partial charge is 0.338 e. The maximum absolute atomic E-state index is 13.2. The SMILES string of the molecule is Cc1cc(F)c(C(=O)O)cc1C1(O)CC1. The molecular weight excluding hydrogens is 199 g/mol. The van der Waals surface area contributed by atoms with Crippen LogP contribution in [0.1, 0.15) is 34.3 Å². The van der Waals surface area contributed by atoms with Crippen LogP contribution in [-0.2, 0) is 5.60 Å². The van der Waals surface area contributed by atoms with Crippen molar-refractivity contribution in [3.8, 4) is 0 Å². The molecule has 0 aliphatic heterocycles. The summed E-state index contributed by atoms with van der Waals surface area (Å²) in [7, 11) is 0. The van der Waals surface area contributed by atoms with Crippen LogP contribution in [0.25, 0.3) is 0 Å². The Kier molecular flexibility index (Phi) is 2.04. The number of aryl methyl sites for hydroxylation is 1. The van der Waals surface area contributed by atoms with E-state index in [1.54, 1.807) is 6.92 Å². The molecule has 0 spiro atoms. The summed E-state index contributed by atoms with van der Waals surface area (Å²) in [6, 6.07) is 2.40. The van der Waals surface area contributed by atoms with Crippen molar-refractivity contribution in [3.63, 3.8) is 0 Å². The Morgan fingerprint density at radius 2 is 2.07 bits per heavy atom. The summed E-state index contributed by atoms with van der Waals surface area (Å²) >= 11 is 0. The Bertz CT molecular complexity index is 436. The number of benzene rings is 1. The standard InChI is InChI=1S/C11H11FO3/c1-6-4-9(12)7(10(13)14)5-8(6)11(15)2-3-11/h4-5,15H,2-3H2,1H3,(H,13,14). The van der Waals surface area contributed by atoms with Crippen molar-refractivity contribution in [1.29, 1.82) is 0 Å². The first-order chi connectivity index (χ1) is 6.94. The van der Waals surface area contributed by atoms with Gasteiger partial charge in [-0.2, -0.15) is 0 Å². The van der Waals surface area contributed by atoms with Gasteiger partial charge in [-0.1, -0.05) is 0 Å². The van der Waals surface area contributed by atoms with Gasteiger partial charge in [0.25, 0.3) is 0 Å². The van der Waals surface area contributed by atoms with Gasteiger partial charge in [0, 0.05) is 0 Å². The van der Waals surface area contributed by atoms with E-state index >= 15 is 0 Å². The second-order valence-electron chi connectivity index (χ2n) is 3.98. The quantitative estimate of drug-likeness (QED) is 0.782. The first kappa shape index (κ1) is 10.1. The molecule has 0 heterocycles. The highest BCUT2D eigenvalue weighted by Crippen LogP contribution is 2.46. The second-order valence-corrected chi connectivity index (χ2v) is 3.98. The predicted octanol–water partition coefficient (Wildman–Crippen LogP) is 1.81. The fourth-order valence-corrected chi connectivity index (χ4v) is 1.73. The van der Waals surface area contributed by atoms with Gasteiger partial charge in [0.2, 0.25) is 0 Å². The first-order valence-corrected chi connectivity index (χ1v) is 4.70. The highest BCUT2D eigenvalue weighted by atomic mass is 19.1. The maximum Gasteiger partial charge on any atom is 0.338 e. The molecule has 1 fully saturated rings. The Hall–Kier alpha value is -1.42. The van der Waals surface area contributed by atoms with Crippen molar-refractivity contribution < 1.29 is 19.4 Å². The van der Waals surface area contributed by atoms with E-state index in [-0.39, 0.29) is 5.56 Å². The molecule has 1 saturated carbocycles. The van der Waals surface area contributed by atoms with Crippen LogP contribution in [0.5, 0.6) is 0 Å². The third kappa shape index (κ3) is 1.61. The van der Waals surface area contributed by atoms with Gasteiger partial charge in [0.15, 0.2) is 0 Å². The van der Waals surface area contributed by atoms with E-state index in [1.807, 2.05) is 0 Å². The molecule has 0 amide bonds. The summed E-state index contributed by atoms with van der Waals surface area (Å²) in [6.07, 6.45) is 1.22. The molecule has 4 heteroatoms. The average molecular weight is 210 g/mol. The van der Waals surface area contributed by atoms with Gasteiger partial charge in [-0.15, -0.1) is 0 Å². The third-order valence-electron chi connectivity index (χ3n) is 2.77. The zero-order chi connectivity index (χ0) is 11.2. The third-order valence-corrected chi connectivity index (χ3v) is 2.77. The number of rotatable bonds is 2. The van der Waals surface area contributed by atoms with Gasteiger partial charge in [0.1, 0.15) is 5.82 Å². The number of hydrogen-bond acceptors (Lipinski definition) is 2. The number of carboxylic acid groups (broad SMARTS) is 1. The van der Waals surface area contributed by atoms with Crippen LogP contribution < -0.4 is 0 Å². The lowest BCUT2D eigenvalue weighted by molar-refractivity contribution is 0.0691. The van der Waals surface area contributed by atoms with E-state index in [1.165, 1.54) is 6.07 Å². The molecule has 3 nitrogen and oxygen atoms in total. The molecule has 1 aromatic rings. The van der Waals surface area contributed by atoms with Crippen LogP contribution in [0, 0.1) is 12.7 Å². The van der Waals surface area contributed by atoms with Crippen molar-refractivity contribution in [2.24, 2.45) is 0 Å². The highest BCUT2D eigenvalue weighted by molar-refractivity contribution is 5.88. The summed E-state index contributed by atoms with van der Waals surface area (Å²) in [5.41, 5.74) is -0.183. The zero-order valence-corrected chi connectivity index (χ0v) is 8.25. The van der Waals surface area contributed by atoms with Crippen LogP contribution in [0.15, 0.2) is 12.1 Å². The average Bonchev–Trinajstić information content (AvgIpc) is 2.83. The van der Waals surface area contributed by atoms with Gasteiger partial charge >= 0.3 is 5.97 Å². The molecule has 0 unspecified atom stereocenters. The second kappa shape index (κ2) is 3.03. The monoisotopic (exact) mass is 210 g/mol. The van der Waals surface area contributed by atoms with Gasteiger partial charge < -0.3 is 10.2 Å². The minimum atomic E-state index is -1.31. The van der Waals surface area contributed by atoms with Crippen molar-refractivity contribution in [2.75, 3.05) is 0 Å². The molecule has 0 saturated heterocycles. The van der Waals surface area contributed by atoms with Crippen LogP contribution in [-0.4, -0.2) is 16.2 Å². The lowest BCUT2D eigenvalue weighted by Crippen LogP contribution is -2.11. The minimum Gasteiger partial charge on any atom is -0.478 e. The molecule has 1 aliphatic rings. The maximum atomic E-state index is 13.2. The summed E-state index contributed by atoms with van der Waals surface area (Å²) in [4.78, 5) is 10.7. The van der Waals surface area contributed by atoms with E-state index in [0.29, 0.717) is 24.0 Å². The molecule has 2 rings (SSSR count). The van der Waals surface area contributed by atoms with E-state index in [0.717, 1.165) is 6.07 Å². The van der Waals surface area contributed by atoms with E-state index < -0.39 is 17.4 Å². The van der Waals surface area contributed by atoms with Crippen LogP contribution in [0.3, 0.4) is 0 Å². The normalized spacial score (nSPS) is 17.5. The Morgan fingerprint density at radius 1 is 1.47 bits per heavy atom. The molecular formula is C11H11FO3. The van der Waals surface area contributed by atoms with Gasteiger partial charge in [0.05, 0.1) is 11.2 Å². The molecule has 1 aromatic carbocycles. The molecule has 0 aromatic heterocycles. The number of aromatic carboxylic acids is 1. The van der Waals surface area contributed by atoms with Gasteiger partial charge in [-0.25, -0.2) is 9.18 Å². The molecule has 0 bridgehead atoms. The molecule has 80 valence electrons. The van der Waals surface area contributed by atoms with E-state index in [9.17, 15) is 14.3 Å². The molecule has 2 N–H and O–H groups in total. The predicted molar refractivity (Wildman–Crippen MR) is 51.2 cm³/mol. The van der Waals surface area contributed by atoms with Crippen molar-refractivity contribution in [3.05, 3.63) is 34.6 Å². The Balaban J connectivity index is 2.56. The lowest BCUT2D eigenvalue weighted by Gasteiger charge is -2.13. The van der Waals surface area contributed by atoms with Crippen LogP contribution >= 0.6 is 0 Å². The first-order valence-electron chi connectivity index (χ1n) is 4.70. The van der Waals surface area contributed by atoms with E-state index in [4.69, 9.17) is 5.11 Å². The van der Waals surface area contributed by atoms with Crippen molar-refractivity contribution in [2.45, 2.75) is 25.4 Å². The fraction of sp³-hybridized carbons (Fsp3) is 0.364. The summed E-state index contributed by atoms with van der Waals surface area (Å²) in [5, 5.41) is 18.6. The number of halogens is 1. The number of carboxylic acids is 1. The Morgan fingerprint density at radius 3 is 2.53 bits per heavy atom. The van der Waals surface area contributed by atoms with Crippen LogP contribution in [0.4, 0.5) is 4.39 Å². The fourth-order valence-electron chi connectivity index (χ4n) is 1.73. The number of carbonyl (C=O) groups is 1. The summed E-state index contributed by atoms with van der Waals surface area (Å²) < 4.78 is 13.2. The summed E-state index contributed by atoms with van der Waals surface area (Å²) in [6.45, 7) is 1.67. The van der Waals surface area contributed by atoms with Gasteiger partial charge in [-0.05, 0) is 43.0 Å². The zero-order valence-electron chi connectivity index (χ0n) is 8.25. The topological polar surface area (TPSA) is 57.5 Å². The lowest BCUT2D eigenvalue weighted by atomic mass is 9.98. The summed E-state index contributed by atoms with van der Waals surface area (Å²) in [5.74, 6) is -2.06. The number of hydrogen-bond donors (Lipinski definition) is 2. The highest BCUT2D eigenvalue weighted by Gasteiger charge is 2.43. The minimum absolute atomic E-state index is 0.379. The molecule has 0 radical (unpaired) electrons. The van der Waals surface area contributed by atoms with E-state index in [2.05, 4.69) is 0 Å². The molecule has 0 atom stereocenters. The van der Waals surface area contributed by atoms with Crippen LogP contribution in [0.2, 0.25) is 0 Å². The Labute approximate surface area is 86.2 Å².